The van der Waals surface area contributed by atoms with Crippen molar-refractivity contribution in [2.75, 3.05) is 23.4 Å². The molecule has 5 heteroatoms. The Labute approximate surface area is 182 Å². The SMILES string of the molecule is Cc1cccc(OCC(=O)Nc2ccc(C(=O)N3CCCCc4ccccc43)cc2)c1. The molecule has 0 fully saturated rings. The molecule has 0 unspecified atom stereocenters. The van der Waals surface area contributed by atoms with Gasteiger partial charge >= 0.3 is 0 Å². The summed E-state index contributed by atoms with van der Waals surface area (Å²) in [6, 6.07) is 22.7. The molecule has 3 aromatic carbocycles. The van der Waals surface area contributed by atoms with Crippen LogP contribution in [0.2, 0.25) is 0 Å². The Balaban J connectivity index is 1.39. The molecule has 0 atom stereocenters. The molecule has 0 bridgehead atoms. The van der Waals surface area contributed by atoms with Crippen LogP contribution in [0.15, 0.2) is 72.8 Å². The average molecular weight is 415 g/mol. The van der Waals surface area contributed by atoms with E-state index in [-0.39, 0.29) is 18.4 Å². The van der Waals surface area contributed by atoms with E-state index >= 15 is 0 Å². The summed E-state index contributed by atoms with van der Waals surface area (Å²) in [5, 5.41) is 2.81. The van der Waals surface area contributed by atoms with Gasteiger partial charge in [-0.25, -0.2) is 0 Å². The first kappa shape index (κ1) is 20.7. The van der Waals surface area contributed by atoms with Crippen molar-refractivity contribution in [2.45, 2.75) is 26.2 Å². The van der Waals surface area contributed by atoms with Crippen LogP contribution in [-0.4, -0.2) is 25.0 Å². The Bertz CT molecular complexity index is 1080. The summed E-state index contributed by atoms with van der Waals surface area (Å²) in [5.41, 5.74) is 4.52. The van der Waals surface area contributed by atoms with Gasteiger partial charge in [0.2, 0.25) is 0 Å². The molecule has 4 rings (SSSR count). The molecule has 0 radical (unpaired) electrons. The molecule has 158 valence electrons. The third kappa shape index (κ3) is 5.12. The van der Waals surface area contributed by atoms with Crippen molar-refractivity contribution < 1.29 is 14.3 Å². The number of nitrogens with one attached hydrogen (secondary N) is 1. The molecular weight excluding hydrogens is 388 g/mol. The maximum atomic E-state index is 13.2. The van der Waals surface area contributed by atoms with Crippen LogP contribution in [0.3, 0.4) is 0 Å². The molecule has 0 saturated heterocycles. The first-order chi connectivity index (χ1) is 15.1. The number of aryl methyl sites for hydroxylation is 2. The molecule has 0 aliphatic carbocycles. The van der Waals surface area contributed by atoms with Crippen LogP contribution in [0.1, 0.15) is 34.3 Å². The molecule has 5 nitrogen and oxygen atoms in total. The van der Waals surface area contributed by atoms with Crippen LogP contribution in [0.5, 0.6) is 5.75 Å². The van der Waals surface area contributed by atoms with Gasteiger partial charge in [-0.05, 0) is 79.8 Å². The molecule has 0 spiro atoms. The highest BCUT2D eigenvalue weighted by atomic mass is 16.5. The fraction of sp³-hybridized carbons (Fsp3) is 0.231. The number of anilines is 2. The Hall–Kier alpha value is -3.60. The highest BCUT2D eigenvalue weighted by Crippen LogP contribution is 2.27. The maximum absolute atomic E-state index is 13.2. The minimum absolute atomic E-state index is 0.0185. The summed E-state index contributed by atoms with van der Waals surface area (Å²) in [6.45, 7) is 2.61. The van der Waals surface area contributed by atoms with Gasteiger partial charge in [-0.15, -0.1) is 0 Å². The fourth-order valence-corrected chi connectivity index (χ4v) is 3.81. The summed E-state index contributed by atoms with van der Waals surface area (Å²) < 4.78 is 5.53. The van der Waals surface area contributed by atoms with E-state index in [1.165, 1.54) is 5.56 Å². The summed E-state index contributed by atoms with van der Waals surface area (Å²) in [5.74, 6) is 0.394. The summed E-state index contributed by atoms with van der Waals surface area (Å²) in [6.07, 6.45) is 3.06. The monoisotopic (exact) mass is 414 g/mol. The smallest absolute Gasteiger partial charge is 0.262 e. The molecule has 3 aromatic rings. The summed E-state index contributed by atoms with van der Waals surface area (Å²) in [4.78, 5) is 27.2. The number of fused-ring (bicyclic) bond motifs is 1. The highest BCUT2D eigenvalue weighted by Gasteiger charge is 2.22. The standard InChI is InChI=1S/C26H26N2O3/c1-19-7-6-10-23(17-19)31-18-25(29)27-22-14-12-21(13-15-22)26(30)28-16-5-4-9-20-8-2-3-11-24(20)28/h2-3,6-8,10-15,17H,4-5,9,16,18H2,1H3,(H,27,29). The van der Waals surface area contributed by atoms with E-state index < -0.39 is 0 Å². The predicted molar refractivity (Wildman–Crippen MR) is 123 cm³/mol. The van der Waals surface area contributed by atoms with Gasteiger partial charge in [-0.3, -0.25) is 9.59 Å². The number of hydrogen-bond acceptors (Lipinski definition) is 3. The van der Waals surface area contributed by atoms with Crippen molar-refractivity contribution >= 4 is 23.2 Å². The Kier molecular flexibility index (Phi) is 6.32. The van der Waals surface area contributed by atoms with Crippen LogP contribution < -0.4 is 15.0 Å². The average Bonchev–Trinajstić information content (AvgIpc) is 3.00. The molecule has 0 aromatic heterocycles. The van der Waals surface area contributed by atoms with Crippen LogP contribution in [0.4, 0.5) is 11.4 Å². The van der Waals surface area contributed by atoms with E-state index in [2.05, 4.69) is 11.4 Å². The lowest BCUT2D eigenvalue weighted by Crippen LogP contribution is -2.31. The number of rotatable bonds is 5. The van der Waals surface area contributed by atoms with E-state index in [0.29, 0.717) is 23.5 Å². The number of carbonyl (C=O) groups excluding carboxylic acids is 2. The predicted octanol–water partition coefficient (Wildman–Crippen LogP) is 5.00. The number of nitrogens with zero attached hydrogens (tertiary/aromatic N) is 1. The lowest BCUT2D eigenvalue weighted by molar-refractivity contribution is -0.118. The second-order valence-electron chi connectivity index (χ2n) is 7.77. The van der Waals surface area contributed by atoms with Crippen molar-refractivity contribution in [1.82, 2.24) is 0 Å². The molecule has 1 N–H and O–H groups in total. The largest absolute Gasteiger partial charge is 0.484 e. The number of amides is 2. The number of benzene rings is 3. The zero-order valence-electron chi connectivity index (χ0n) is 17.6. The Morgan fingerprint density at radius 1 is 0.968 bits per heavy atom. The third-order valence-electron chi connectivity index (χ3n) is 5.38. The van der Waals surface area contributed by atoms with Crippen LogP contribution in [0.25, 0.3) is 0 Å². The van der Waals surface area contributed by atoms with Gasteiger partial charge in [0.25, 0.3) is 11.8 Å². The minimum atomic E-state index is -0.248. The van der Waals surface area contributed by atoms with Gasteiger partial charge in [-0.1, -0.05) is 30.3 Å². The van der Waals surface area contributed by atoms with E-state index in [4.69, 9.17) is 4.74 Å². The van der Waals surface area contributed by atoms with Crippen LogP contribution in [0, 0.1) is 6.92 Å². The number of para-hydroxylation sites is 1. The van der Waals surface area contributed by atoms with Gasteiger partial charge in [-0.2, -0.15) is 0 Å². The molecule has 2 amide bonds. The van der Waals surface area contributed by atoms with Crippen molar-refractivity contribution in [3.05, 3.63) is 89.5 Å². The van der Waals surface area contributed by atoms with E-state index in [9.17, 15) is 9.59 Å². The molecule has 31 heavy (non-hydrogen) atoms. The van der Waals surface area contributed by atoms with E-state index in [1.807, 2.05) is 54.3 Å². The topological polar surface area (TPSA) is 58.6 Å². The number of carbonyl (C=O) groups is 2. The van der Waals surface area contributed by atoms with Crippen LogP contribution >= 0.6 is 0 Å². The van der Waals surface area contributed by atoms with Gasteiger partial charge in [0.05, 0.1) is 0 Å². The lowest BCUT2D eigenvalue weighted by atomic mass is 10.1. The quantitative estimate of drug-likeness (QED) is 0.639. The normalized spacial score (nSPS) is 13.1. The van der Waals surface area contributed by atoms with Gasteiger partial charge < -0.3 is 15.0 Å². The molecule has 0 saturated carbocycles. The van der Waals surface area contributed by atoms with Gasteiger partial charge in [0, 0.05) is 23.5 Å². The van der Waals surface area contributed by atoms with E-state index in [0.717, 1.165) is 30.5 Å². The fourth-order valence-electron chi connectivity index (χ4n) is 3.81. The van der Waals surface area contributed by atoms with Crippen LogP contribution in [-0.2, 0) is 11.2 Å². The zero-order chi connectivity index (χ0) is 21.6. The maximum Gasteiger partial charge on any atom is 0.262 e. The lowest BCUT2D eigenvalue weighted by Gasteiger charge is -2.23. The first-order valence-corrected chi connectivity index (χ1v) is 10.6. The second-order valence-corrected chi connectivity index (χ2v) is 7.77. The second kappa shape index (κ2) is 9.47. The van der Waals surface area contributed by atoms with E-state index in [1.54, 1.807) is 24.3 Å². The first-order valence-electron chi connectivity index (χ1n) is 10.6. The zero-order valence-corrected chi connectivity index (χ0v) is 17.6. The van der Waals surface area contributed by atoms with Crippen molar-refractivity contribution in [3.63, 3.8) is 0 Å². The molecular formula is C26H26N2O3. The molecule has 1 aliphatic rings. The highest BCUT2D eigenvalue weighted by molar-refractivity contribution is 6.07. The van der Waals surface area contributed by atoms with Gasteiger partial charge in [0.15, 0.2) is 6.61 Å². The third-order valence-corrected chi connectivity index (χ3v) is 5.38. The summed E-state index contributed by atoms with van der Waals surface area (Å²) in [7, 11) is 0. The molecule has 1 heterocycles. The molecule has 1 aliphatic heterocycles. The Morgan fingerprint density at radius 2 is 1.77 bits per heavy atom. The van der Waals surface area contributed by atoms with Crippen molar-refractivity contribution in [2.24, 2.45) is 0 Å². The number of ether oxygens (including phenoxy) is 1. The summed E-state index contributed by atoms with van der Waals surface area (Å²) >= 11 is 0. The van der Waals surface area contributed by atoms with Gasteiger partial charge in [0.1, 0.15) is 5.75 Å². The minimum Gasteiger partial charge on any atom is -0.484 e. The Morgan fingerprint density at radius 3 is 2.58 bits per heavy atom. The van der Waals surface area contributed by atoms with Crippen molar-refractivity contribution in [1.29, 1.82) is 0 Å². The van der Waals surface area contributed by atoms with Crippen molar-refractivity contribution in [3.8, 4) is 5.75 Å². The number of hydrogen-bond donors (Lipinski definition) is 1.